The molecule has 6 unspecified atom stereocenters. The number of esters is 1. The summed E-state index contributed by atoms with van der Waals surface area (Å²) in [7, 11) is 1.44. The van der Waals surface area contributed by atoms with Gasteiger partial charge in [-0.3, -0.25) is 19.3 Å². The van der Waals surface area contributed by atoms with Gasteiger partial charge in [-0.25, -0.2) is 14.5 Å². The maximum absolute atomic E-state index is 15.9. The molecule has 2 fully saturated rings. The van der Waals surface area contributed by atoms with Gasteiger partial charge in [-0.2, -0.15) is 0 Å². The van der Waals surface area contributed by atoms with Gasteiger partial charge in [-0.1, -0.05) is 90.7 Å². The van der Waals surface area contributed by atoms with Gasteiger partial charge in [0.2, 0.25) is 11.8 Å². The number of anilines is 1. The number of fused-ring (bicyclic) bond motifs is 3. The zero-order valence-corrected chi connectivity index (χ0v) is 31.5. The van der Waals surface area contributed by atoms with Gasteiger partial charge >= 0.3 is 18.1 Å². The van der Waals surface area contributed by atoms with E-state index in [4.69, 9.17) is 19.9 Å². The summed E-state index contributed by atoms with van der Waals surface area (Å²) in [5.41, 5.74) is 5.76. The number of urea groups is 1. The van der Waals surface area contributed by atoms with Crippen molar-refractivity contribution in [2.24, 2.45) is 11.7 Å². The minimum Gasteiger partial charge on any atom is -0.508 e. The van der Waals surface area contributed by atoms with Gasteiger partial charge < -0.3 is 35.7 Å². The number of ether oxygens (including phenoxy) is 3. The number of rotatable bonds is 10. The third kappa shape index (κ3) is 6.91. The summed E-state index contributed by atoms with van der Waals surface area (Å²) < 4.78 is 17.1. The third-order valence-corrected chi connectivity index (χ3v) is 10.7. The summed E-state index contributed by atoms with van der Waals surface area (Å²) in [6.07, 6.45) is -0.460. The molecule has 3 aliphatic rings. The largest absolute Gasteiger partial charge is 0.508 e. The molecule has 0 aliphatic carbocycles. The number of carbonyl (C=O) groups is 5. The van der Waals surface area contributed by atoms with Crippen molar-refractivity contribution in [1.29, 1.82) is 0 Å². The zero-order valence-electron chi connectivity index (χ0n) is 31.5. The first-order valence-electron chi connectivity index (χ1n) is 18.6. The number of phenolic OH excluding ortho intramolecular Hbond substituents is 1. The van der Waals surface area contributed by atoms with Gasteiger partial charge in [0.15, 0.2) is 0 Å². The van der Waals surface area contributed by atoms with E-state index < -0.39 is 65.5 Å². The Hall–Kier alpha value is -6.95. The van der Waals surface area contributed by atoms with E-state index >= 15 is 4.79 Å². The molecule has 4 aromatic rings. The van der Waals surface area contributed by atoms with Crippen LogP contribution in [0.25, 0.3) is 0 Å². The molecular weight excluding hydrogens is 743 g/mol. The Morgan fingerprint density at radius 1 is 0.914 bits per heavy atom. The lowest BCUT2D eigenvalue weighted by Gasteiger charge is -2.46. The van der Waals surface area contributed by atoms with Crippen LogP contribution < -0.4 is 21.3 Å². The smallest absolute Gasteiger partial charge is 0.421 e. The molecule has 1 spiro atoms. The number of hydrogen-bond donors (Lipinski definition) is 4. The Morgan fingerprint density at radius 2 is 1.60 bits per heavy atom. The maximum atomic E-state index is 15.9. The van der Waals surface area contributed by atoms with E-state index in [0.29, 0.717) is 16.7 Å². The summed E-state index contributed by atoms with van der Waals surface area (Å²) in [6, 6.07) is 25.3. The van der Waals surface area contributed by atoms with Crippen molar-refractivity contribution in [2.75, 3.05) is 38.3 Å². The quantitative estimate of drug-likeness (QED) is 0.0787. The Balaban J connectivity index is 1.56. The monoisotopic (exact) mass is 783 g/mol. The Labute approximate surface area is 334 Å². The molecule has 4 aromatic carbocycles. The van der Waals surface area contributed by atoms with Crippen molar-refractivity contribution in [3.63, 3.8) is 0 Å². The molecule has 5 N–H and O–H groups in total. The number of amides is 5. The van der Waals surface area contributed by atoms with E-state index in [1.165, 1.54) is 31.4 Å². The second-order valence-electron chi connectivity index (χ2n) is 13.9. The highest BCUT2D eigenvalue weighted by atomic mass is 16.6. The van der Waals surface area contributed by atoms with E-state index in [1.54, 1.807) is 24.3 Å². The molecule has 296 valence electrons. The molecule has 58 heavy (non-hydrogen) atoms. The third-order valence-electron chi connectivity index (χ3n) is 10.7. The number of carbonyl (C=O) groups excluding carboxylic acids is 5. The normalized spacial score (nSPS) is 23.2. The first-order chi connectivity index (χ1) is 28.1. The van der Waals surface area contributed by atoms with Gasteiger partial charge in [-0.05, 0) is 52.6 Å². The lowest BCUT2D eigenvalue weighted by molar-refractivity contribution is -0.178. The van der Waals surface area contributed by atoms with Crippen molar-refractivity contribution >= 4 is 35.6 Å². The maximum Gasteiger partial charge on any atom is 0.421 e. The lowest BCUT2D eigenvalue weighted by atomic mass is 9.65. The molecule has 7 rings (SSSR count). The molecule has 14 heteroatoms. The number of aromatic hydroxyl groups is 1. The molecule has 2 saturated heterocycles. The predicted octanol–water partition coefficient (Wildman–Crippen LogP) is 4.16. The number of nitrogens with one attached hydrogen (secondary N) is 2. The zero-order chi connectivity index (χ0) is 41.0. The van der Waals surface area contributed by atoms with E-state index in [2.05, 4.69) is 29.1 Å². The predicted molar refractivity (Wildman–Crippen MR) is 211 cm³/mol. The second kappa shape index (κ2) is 16.6. The minimum absolute atomic E-state index is 0.00594. The topological polar surface area (TPSA) is 190 Å². The van der Waals surface area contributed by atoms with Crippen LogP contribution in [0.15, 0.2) is 116 Å². The van der Waals surface area contributed by atoms with Gasteiger partial charge in [-0.15, -0.1) is 6.58 Å². The number of benzene rings is 4. The number of imide groups is 1. The minimum atomic E-state index is -2.04. The molecule has 14 nitrogen and oxygen atoms in total. The van der Waals surface area contributed by atoms with Crippen LogP contribution in [0.1, 0.15) is 46.0 Å². The molecule has 6 atom stereocenters. The lowest BCUT2D eigenvalue weighted by Crippen LogP contribution is -2.55. The average molecular weight is 784 g/mol. The molecule has 0 radical (unpaired) electrons. The van der Waals surface area contributed by atoms with Crippen LogP contribution in [0, 0.1) is 17.8 Å². The van der Waals surface area contributed by atoms with Crippen molar-refractivity contribution in [1.82, 2.24) is 15.5 Å². The summed E-state index contributed by atoms with van der Waals surface area (Å²) in [6.45, 7) is 3.53. The fraction of sp³-hybridized carbons (Fsp3) is 0.250. The van der Waals surface area contributed by atoms with E-state index in [1.807, 2.05) is 65.6 Å². The highest BCUT2D eigenvalue weighted by molar-refractivity contribution is 6.23. The molecule has 3 heterocycles. The average Bonchev–Trinajstić information content (AvgIpc) is 3.68. The van der Waals surface area contributed by atoms with Crippen molar-refractivity contribution < 1.29 is 43.3 Å². The van der Waals surface area contributed by atoms with Crippen LogP contribution >= 0.6 is 0 Å². The molecule has 0 aromatic heterocycles. The van der Waals surface area contributed by atoms with Gasteiger partial charge in [0.1, 0.15) is 29.9 Å². The number of nitrogens with zero attached hydrogens (tertiary/aromatic N) is 2. The second-order valence-corrected chi connectivity index (χ2v) is 13.9. The summed E-state index contributed by atoms with van der Waals surface area (Å²) in [4.78, 5) is 74.0. The molecule has 0 saturated carbocycles. The number of hydrogen-bond acceptors (Lipinski definition) is 10. The highest BCUT2D eigenvalue weighted by Gasteiger charge is 2.75. The highest BCUT2D eigenvalue weighted by Crippen LogP contribution is 2.66. The standard InChI is InChI=1S/C44H41N5O9/c1-3-22-46-39(51)34-36-40(52)58-37(29-14-8-5-9-15-29)35(28-12-6-4-7-13-28)49(36)38(30-17-19-31(50)20-18-30)44(34)32-26-27(11-10-23-47-42(45)54)16-21-33(32)48(41(44)53)43(55)57-25-24-56-2/h3-9,12-21,26,34-38,50H,1,22-25H2,2H3,(H,46,51)(H3,45,47,54). The number of phenols is 1. The Morgan fingerprint density at radius 3 is 2.26 bits per heavy atom. The van der Waals surface area contributed by atoms with Crippen LogP contribution in [0.3, 0.4) is 0 Å². The van der Waals surface area contributed by atoms with Crippen LogP contribution in [0.5, 0.6) is 5.75 Å². The molecule has 0 bridgehead atoms. The van der Waals surface area contributed by atoms with Crippen LogP contribution in [0.2, 0.25) is 0 Å². The van der Waals surface area contributed by atoms with E-state index in [9.17, 15) is 24.3 Å². The Bertz CT molecular complexity index is 2290. The van der Waals surface area contributed by atoms with Gasteiger partial charge in [0, 0.05) is 19.2 Å². The SMILES string of the molecule is C=CCNC(=O)C1C2C(=O)OC(c3ccccc3)C(c3ccccc3)N2C(c2ccc(O)cc2)C12C(=O)N(C(=O)OCCOC)c1ccc(C#CCNC(N)=O)cc12. The van der Waals surface area contributed by atoms with Crippen molar-refractivity contribution in [3.05, 3.63) is 144 Å². The molecule has 3 aliphatic heterocycles. The summed E-state index contributed by atoms with van der Waals surface area (Å²) in [5, 5.41) is 15.8. The van der Waals surface area contributed by atoms with Gasteiger partial charge in [0.05, 0.1) is 36.8 Å². The van der Waals surface area contributed by atoms with Crippen LogP contribution in [-0.4, -0.2) is 79.4 Å². The first-order valence-corrected chi connectivity index (χ1v) is 18.6. The molecule has 5 amide bonds. The van der Waals surface area contributed by atoms with E-state index in [0.717, 1.165) is 10.5 Å². The first kappa shape index (κ1) is 39.3. The van der Waals surface area contributed by atoms with Crippen molar-refractivity contribution in [2.45, 2.75) is 29.6 Å². The fourth-order valence-electron chi connectivity index (χ4n) is 8.46. The number of methoxy groups -OCH3 is 1. The fourth-order valence-corrected chi connectivity index (χ4v) is 8.46. The number of morpholine rings is 1. The van der Waals surface area contributed by atoms with Crippen LogP contribution in [-0.2, 0) is 34.0 Å². The van der Waals surface area contributed by atoms with Gasteiger partial charge in [0.25, 0.3) is 0 Å². The molecular formula is C44H41N5O9. The Kier molecular flexibility index (Phi) is 11.3. The van der Waals surface area contributed by atoms with Crippen molar-refractivity contribution in [3.8, 4) is 17.6 Å². The van der Waals surface area contributed by atoms with E-state index in [-0.39, 0.29) is 43.3 Å². The number of nitrogens with two attached hydrogens (primary N) is 1. The number of cyclic esters (lactones) is 1. The summed E-state index contributed by atoms with van der Waals surface area (Å²) >= 11 is 0. The van der Waals surface area contributed by atoms with Crippen LogP contribution in [0.4, 0.5) is 15.3 Å². The number of primary amides is 1. The summed E-state index contributed by atoms with van der Waals surface area (Å²) in [5.74, 6) is 1.97.